The van der Waals surface area contributed by atoms with Gasteiger partial charge >= 0.3 is 16.4 Å². The zero-order valence-corrected chi connectivity index (χ0v) is 17.0. The molecule has 30 heavy (non-hydrogen) atoms. The first kappa shape index (κ1) is 19.9. The van der Waals surface area contributed by atoms with E-state index in [2.05, 4.69) is 24.0 Å². The van der Waals surface area contributed by atoms with E-state index in [-0.39, 0.29) is 23.0 Å². The SMILES string of the molecule is CC1(C)[C@@H](c2ccc(OS(=O)(=O)NC(=O)O)cc2)[C@@H]1c1nc(-c2ccccc2)no1. The van der Waals surface area contributed by atoms with Crippen molar-refractivity contribution in [2.75, 3.05) is 0 Å². The minimum Gasteiger partial charge on any atom is -0.464 e. The number of benzene rings is 2. The summed E-state index contributed by atoms with van der Waals surface area (Å²) in [5, 5.41) is 12.6. The standard InChI is InChI=1S/C20H19N3O6S/c1-20(2)15(12-8-10-14(11-9-12)29-30(26,27)23-19(24)25)16(20)18-21-17(22-28-18)13-6-4-3-5-7-13/h3-11,15-16,23H,1-2H3,(H,24,25)/t15-,16+/m0/s1. The van der Waals surface area contributed by atoms with E-state index in [0.717, 1.165) is 11.1 Å². The van der Waals surface area contributed by atoms with Crippen molar-refractivity contribution in [3.63, 3.8) is 0 Å². The number of rotatable bonds is 6. The molecule has 0 radical (unpaired) electrons. The number of nitrogens with one attached hydrogen (secondary N) is 1. The van der Waals surface area contributed by atoms with E-state index in [4.69, 9.17) is 13.8 Å². The molecule has 1 heterocycles. The molecule has 0 bridgehead atoms. The lowest BCUT2D eigenvalue weighted by atomic mass is 10.0. The highest BCUT2D eigenvalue weighted by atomic mass is 32.2. The summed E-state index contributed by atoms with van der Waals surface area (Å²) in [6.45, 7) is 4.20. The van der Waals surface area contributed by atoms with Crippen LogP contribution in [0.25, 0.3) is 11.4 Å². The Labute approximate surface area is 173 Å². The number of aromatic nitrogens is 2. The smallest absolute Gasteiger partial charge is 0.421 e. The van der Waals surface area contributed by atoms with Crippen LogP contribution in [0.5, 0.6) is 5.75 Å². The van der Waals surface area contributed by atoms with Crippen LogP contribution in [-0.4, -0.2) is 29.8 Å². The van der Waals surface area contributed by atoms with Crippen molar-refractivity contribution in [1.29, 1.82) is 0 Å². The number of carboxylic acid groups (broad SMARTS) is 1. The maximum Gasteiger partial charge on any atom is 0.421 e. The maximum absolute atomic E-state index is 11.6. The summed E-state index contributed by atoms with van der Waals surface area (Å²) in [6.07, 6.45) is -1.72. The van der Waals surface area contributed by atoms with Gasteiger partial charge in [-0.3, -0.25) is 0 Å². The molecule has 1 aliphatic rings. The van der Waals surface area contributed by atoms with Gasteiger partial charge < -0.3 is 13.8 Å². The van der Waals surface area contributed by atoms with Crippen molar-refractivity contribution in [2.24, 2.45) is 5.41 Å². The molecule has 2 atom stereocenters. The van der Waals surface area contributed by atoms with Crippen LogP contribution in [0.2, 0.25) is 0 Å². The molecular formula is C20H19N3O6S. The van der Waals surface area contributed by atoms with Crippen molar-refractivity contribution in [2.45, 2.75) is 25.7 Å². The summed E-state index contributed by atoms with van der Waals surface area (Å²) in [7, 11) is -4.43. The molecule has 0 aliphatic heterocycles. The third-order valence-corrected chi connectivity index (χ3v) is 6.06. The van der Waals surface area contributed by atoms with Crippen molar-refractivity contribution < 1.29 is 27.0 Å². The molecule has 3 aromatic rings. The van der Waals surface area contributed by atoms with Gasteiger partial charge in [0.25, 0.3) is 0 Å². The second-order valence-corrected chi connectivity index (χ2v) is 8.89. The Hall–Kier alpha value is -3.40. The summed E-state index contributed by atoms with van der Waals surface area (Å²) >= 11 is 0. The second kappa shape index (κ2) is 7.13. The Morgan fingerprint density at radius 3 is 2.40 bits per heavy atom. The van der Waals surface area contributed by atoms with Crippen molar-refractivity contribution in [1.82, 2.24) is 14.9 Å². The Morgan fingerprint density at radius 2 is 1.77 bits per heavy atom. The third kappa shape index (κ3) is 3.86. The molecule has 1 saturated carbocycles. The minimum absolute atomic E-state index is 0.00617. The van der Waals surface area contributed by atoms with Crippen molar-refractivity contribution in [3.05, 3.63) is 66.1 Å². The van der Waals surface area contributed by atoms with Crippen molar-refractivity contribution in [3.8, 4) is 17.1 Å². The first-order valence-corrected chi connectivity index (χ1v) is 10.5. The number of nitrogens with zero attached hydrogens (tertiary/aromatic N) is 2. The van der Waals surface area contributed by atoms with Crippen LogP contribution in [0.4, 0.5) is 4.79 Å². The Balaban J connectivity index is 1.51. The topological polar surface area (TPSA) is 132 Å². The molecule has 0 unspecified atom stereocenters. The number of hydrogen-bond donors (Lipinski definition) is 2. The van der Waals surface area contributed by atoms with Gasteiger partial charge in [0.15, 0.2) is 0 Å². The van der Waals surface area contributed by atoms with Gasteiger partial charge in [0.1, 0.15) is 5.75 Å². The normalized spacial score (nSPS) is 19.8. The average Bonchev–Trinajstić information content (AvgIpc) is 3.01. The molecular weight excluding hydrogens is 410 g/mol. The van der Waals surface area contributed by atoms with E-state index in [0.29, 0.717) is 11.7 Å². The zero-order chi connectivity index (χ0) is 21.5. The van der Waals surface area contributed by atoms with E-state index in [1.54, 1.807) is 12.1 Å². The zero-order valence-electron chi connectivity index (χ0n) is 16.1. The lowest BCUT2D eigenvalue weighted by molar-refractivity contribution is 0.200. The van der Waals surface area contributed by atoms with Gasteiger partial charge in [0, 0.05) is 11.5 Å². The molecule has 2 N–H and O–H groups in total. The largest absolute Gasteiger partial charge is 0.464 e. The number of hydrogen-bond acceptors (Lipinski definition) is 7. The molecule has 1 fully saturated rings. The van der Waals surface area contributed by atoms with Gasteiger partial charge in [0.2, 0.25) is 11.7 Å². The minimum atomic E-state index is -4.43. The maximum atomic E-state index is 11.6. The molecule has 4 rings (SSSR count). The summed E-state index contributed by atoms with van der Waals surface area (Å²) < 4.78 is 34.7. The Morgan fingerprint density at radius 1 is 1.10 bits per heavy atom. The summed E-state index contributed by atoms with van der Waals surface area (Å²) in [5.41, 5.74) is 1.71. The van der Waals surface area contributed by atoms with Gasteiger partial charge in [-0.2, -0.15) is 18.1 Å². The van der Waals surface area contributed by atoms with Crippen LogP contribution in [-0.2, 0) is 10.3 Å². The molecule has 10 heteroatoms. The number of amides is 1. The first-order valence-electron chi connectivity index (χ1n) is 9.11. The van der Waals surface area contributed by atoms with Gasteiger partial charge in [0.05, 0.1) is 5.92 Å². The van der Waals surface area contributed by atoms with Crippen LogP contribution in [0.1, 0.15) is 37.1 Å². The number of carbonyl (C=O) groups is 1. The van der Waals surface area contributed by atoms with Crippen molar-refractivity contribution >= 4 is 16.4 Å². The molecule has 2 aromatic carbocycles. The lowest BCUT2D eigenvalue weighted by Gasteiger charge is -2.07. The Kier molecular flexibility index (Phi) is 4.73. The van der Waals surface area contributed by atoms with Crippen LogP contribution < -0.4 is 8.91 Å². The van der Waals surface area contributed by atoms with E-state index in [9.17, 15) is 13.2 Å². The summed E-state index contributed by atoms with van der Waals surface area (Å²) in [5.74, 6) is 1.21. The van der Waals surface area contributed by atoms with E-state index in [1.807, 2.05) is 30.3 Å². The highest BCUT2D eigenvalue weighted by molar-refractivity contribution is 7.85. The molecule has 9 nitrogen and oxygen atoms in total. The molecule has 0 saturated heterocycles. The summed E-state index contributed by atoms with van der Waals surface area (Å²) in [6, 6.07) is 16.0. The molecule has 1 amide bonds. The van der Waals surface area contributed by atoms with Gasteiger partial charge in [-0.25, -0.2) is 4.79 Å². The van der Waals surface area contributed by atoms with Gasteiger partial charge in [-0.05, 0) is 23.1 Å². The summed E-state index contributed by atoms with van der Waals surface area (Å²) in [4.78, 5) is 15.1. The highest BCUT2D eigenvalue weighted by Gasteiger charge is 2.62. The third-order valence-electron chi connectivity index (χ3n) is 5.22. The van der Waals surface area contributed by atoms with Gasteiger partial charge in [-0.15, -0.1) is 0 Å². The van der Waals surface area contributed by atoms with Crippen LogP contribution >= 0.6 is 0 Å². The van der Waals surface area contributed by atoms with Crippen LogP contribution in [0, 0.1) is 5.41 Å². The monoisotopic (exact) mass is 429 g/mol. The van der Waals surface area contributed by atoms with Gasteiger partial charge in [-0.1, -0.05) is 61.5 Å². The fourth-order valence-corrected chi connectivity index (χ4v) is 4.39. The van der Waals surface area contributed by atoms with E-state index < -0.39 is 16.4 Å². The average molecular weight is 429 g/mol. The highest BCUT2D eigenvalue weighted by Crippen LogP contribution is 2.69. The Bertz CT molecular complexity index is 1170. The second-order valence-electron chi connectivity index (χ2n) is 7.61. The molecule has 0 spiro atoms. The molecule has 156 valence electrons. The van der Waals surface area contributed by atoms with E-state index in [1.165, 1.54) is 16.9 Å². The lowest BCUT2D eigenvalue weighted by Crippen LogP contribution is -2.32. The predicted octanol–water partition coefficient (Wildman–Crippen LogP) is 3.54. The molecule has 1 aliphatic carbocycles. The fourth-order valence-electron chi connectivity index (χ4n) is 3.77. The quantitative estimate of drug-likeness (QED) is 0.608. The first-order chi connectivity index (χ1) is 14.2. The predicted molar refractivity (Wildman–Crippen MR) is 106 cm³/mol. The van der Waals surface area contributed by atoms with Crippen LogP contribution in [0.3, 0.4) is 0 Å². The fraction of sp³-hybridized carbons (Fsp3) is 0.250. The van der Waals surface area contributed by atoms with E-state index >= 15 is 0 Å². The van der Waals surface area contributed by atoms with Crippen LogP contribution in [0.15, 0.2) is 59.1 Å². The molecule has 1 aromatic heterocycles.